The van der Waals surface area contributed by atoms with Crippen molar-refractivity contribution in [1.29, 1.82) is 0 Å². The van der Waals surface area contributed by atoms with E-state index in [4.69, 9.17) is 4.74 Å². The fourth-order valence-corrected chi connectivity index (χ4v) is 4.14. The minimum atomic E-state index is -4.36. The van der Waals surface area contributed by atoms with Crippen LogP contribution >= 0.6 is 0 Å². The van der Waals surface area contributed by atoms with Crippen molar-refractivity contribution in [3.8, 4) is 0 Å². The molecular formula is C22H29F3N4O. The third-order valence-corrected chi connectivity index (χ3v) is 5.49. The molecule has 0 saturated heterocycles. The Hall–Kier alpha value is -2.64. The summed E-state index contributed by atoms with van der Waals surface area (Å²) in [6.07, 6.45) is 2.54. The van der Waals surface area contributed by atoms with Gasteiger partial charge in [0, 0.05) is 61.8 Å². The molecule has 1 atom stereocenters. The summed E-state index contributed by atoms with van der Waals surface area (Å²) in [6, 6.07) is 2.11. The van der Waals surface area contributed by atoms with E-state index < -0.39 is 12.8 Å². The number of alkyl halides is 3. The SMILES string of the molecule is CC/C=C1/c2ccnc(NC)c2CN1C(C)C1=CC(C)=C(OCC(F)(F)F)N(C)C1. The van der Waals surface area contributed by atoms with E-state index in [0.717, 1.165) is 29.9 Å². The van der Waals surface area contributed by atoms with Crippen LogP contribution in [0.15, 0.2) is 41.4 Å². The summed E-state index contributed by atoms with van der Waals surface area (Å²) in [4.78, 5) is 8.53. The van der Waals surface area contributed by atoms with Crippen LogP contribution in [0.3, 0.4) is 0 Å². The number of halogens is 3. The molecule has 0 bridgehead atoms. The van der Waals surface area contributed by atoms with Crippen LogP contribution < -0.4 is 5.32 Å². The lowest BCUT2D eigenvalue weighted by Gasteiger charge is -2.36. The van der Waals surface area contributed by atoms with E-state index in [0.29, 0.717) is 12.1 Å². The van der Waals surface area contributed by atoms with Crippen LogP contribution in [0.1, 0.15) is 38.3 Å². The monoisotopic (exact) mass is 422 g/mol. The van der Waals surface area contributed by atoms with Crippen molar-refractivity contribution < 1.29 is 17.9 Å². The van der Waals surface area contributed by atoms with Gasteiger partial charge in [-0.3, -0.25) is 0 Å². The quantitative estimate of drug-likeness (QED) is 0.716. The molecule has 2 aliphatic heterocycles. The van der Waals surface area contributed by atoms with Crippen LogP contribution in [-0.4, -0.2) is 54.2 Å². The van der Waals surface area contributed by atoms with E-state index >= 15 is 0 Å². The highest BCUT2D eigenvalue weighted by Gasteiger charge is 2.34. The van der Waals surface area contributed by atoms with Crippen molar-refractivity contribution in [2.75, 3.05) is 32.6 Å². The van der Waals surface area contributed by atoms with Gasteiger partial charge in [0.15, 0.2) is 12.5 Å². The highest BCUT2D eigenvalue weighted by atomic mass is 19.4. The number of pyridine rings is 1. The predicted octanol–water partition coefficient (Wildman–Crippen LogP) is 4.76. The van der Waals surface area contributed by atoms with Crippen LogP contribution in [0.2, 0.25) is 0 Å². The van der Waals surface area contributed by atoms with Gasteiger partial charge < -0.3 is 19.9 Å². The molecule has 1 aromatic heterocycles. The minimum Gasteiger partial charge on any atom is -0.469 e. The Morgan fingerprint density at radius 3 is 2.67 bits per heavy atom. The molecular weight excluding hydrogens is 393 g/mol. The number of nitrogens with one attached hydrogen (secondary N) is 1. The van der Waals surface area contributed by atoms with Crippen LogP contribution in [0, 0.1) is 0 Å². The van der Waals surface area contributed by atoms with Crippen LogP contribution in [0.5, 0.6) is 0 Å². The second-order valence-electron chi connectivity index (χ2n) is 7.70. The number of likely N-dealkylation sites (N-methyl/N-ethyl adjacent to an activating group) is 1. The van der Waals surface area contributed by atoms with Crippen molar-refractivity contribution in [1.82, 2.24) is 14.8 Å². The largest absolute Gasteiger partial charge is 0.469 e. The number of ether oxygens (including phenoxy) is 1. The number of hydrogen-bond donors (Lipinski definition) is 1. The van der Waals surface area contributed by atoms with Gasteiger partial charge in [-0.1, -0.05) is 19.1 Å². The van der Waals surface area contributed by atoms with Crippen molar-refractivity contribution in [2.24, 2.45) is 0 Å². The molecule has 0 fully saturated rings. The number of anilines is 1. The number of nitrogens with zero attached hydrogens (tertiary/aromatic N) is 3. The normalized spacial score (nSPS) is 19.2. The van der Waals surface area contributed by atoms with Gasteiger partial charge in [0.05, 0.1) is 0 Å². The third kappa shape index (κ3) is 4.42. The van der Waals surface area contributed by atoms with Gasteiger partial charge in [-0.25, -0.2) is 4.98 Å². The van der Waals surface area contributed by atoms with Crippen LogP contribution in [-0.2, 0) is 11.3 Å². The van der Waals surface area contributed by atoms with E-state index in [2.05, 4.69) is 35.1 Å². The van der Waals surface area contributed by atoms with Gasteiger partial charge in [0.2, 0.25) is 0 Å². The van der Waals surface area contributed by atoms with Crippen molar-refractivity contribution in [3.63, 3.8) is 0 Å². The first kappa shape index (κ1) is 22.1. The molecule has 30 heavy (non-hydrogen) atoms. The lowest BCUT2D eigenvalue weighted by atomic mass is 10.0. The minimum absolute atomic E-state index is 0.0708. The van der Waals surface area contributed by atoms with Gasteiger partial charge in [-0.15, -0.1) is 0 Å². The van der Waals surface area contributed by atoms with Gasteiger partial charge in [0.1, 0.15) is 5.82 Å². The molecule has 0 radical (unpaired) electrons. The Labute approximate surface area is 175 Å². The number of allylic oxidation sites excluding steroid dienone is 3. The highest BCUT2D eigenvalue weighted by molar-refractivity contribution is 5.75. The second-order valence-corrected chi connectivity index (χ2v) is 7.70. The van der Waals surface area contributed by atoms with Gasteiger partial charge >= 0.3 is 6.18 Å². The standard InChI is InChI=1S/C22H29F3N4O/c1-6-7-19-17-8-9-27-20(26-4)18(17)12-29(19)15(3)16-10-14(2)21(28(5)11-16)30-13-22(23,24)25/h7-10,15H,6,11-13H2,1-5H3,(H,26,27)/b19-7-. The van der Waals surface area contributed by atoms with Gasteiger partial charge in [-0.2, -0.15) is 13.2 Å². The van der Waals surface area contributed by atoms with E-state index in [1.54, 1.807) is 18.9 Å². The maximum Gasteiger partial charge on any atom is 0.422 e. The second kappa shape index (κ2) is 8.62. The van der Waals surface area contributed by atoms with Crippen molar-refractivity contribution in [3.05, 3.63) is 52.6 Å². The topological polar surface area (TPSA) is 40.6 Å². The maximum absolute atomic E-state index is 12.6. The summed E-state index contributed by atoms with van der Waals surface area (Å²) in [5, 5.41) is 3.17. The zero-order valence-electron chi connectivity index (χ0n) is 18.1. The van der Waals surface area contributed by atoms with E-state index in [1.807, 2.05) is 25.4 Å². The molecule has 0 amide bonds. The average Bonchev–Trinajstić information content (AvgIpc) is 3.04. The van der Waals surface area contributed by atoms with Gasteiger partial charge in [-0.05, 0) is 31.9 Å². The first-order chi connectivity index (χ1) is 14.2. The van der Waals surface area contributed by atoms with Crippen LogP contribution in [0.25, 0.3) is 5.70 Å². The number of fused-ring (bicyclic) bond motifs is 1. The molecule has 0 aliphatic carbocycles. The Bertz CT molecular complexity index is 889. The van der Waals surface area contributed by atoms with E-state index in [9.17, 15) is 13.2 Å². The summed E-state index contributed by atoms with van der Waals surface area (Å²) in [7, 11) is 3.63. The predicted molar refractivity (Wildman–Crippen MR) is 112 cm³/mol. The maximum atomic E-state index is 12.6. The molecule has 0 spiro atoms. The molecule has 164 valence electrons. The third-order valence-electron chi connectivity index (χ3n) is 5.49. The highest BCUT2D eigenvalue weighted by Crippen LogP contribution is 2.39. The zero-order chi connectivity index (χ0) is 22.1. The first-order valence-corrected chi connectivity index (χ1v) is 10.1. The lowest BCUT2D eigenvalue weighted by molar-refractivity contribution is -0.169. The fraction of sp³-hybridized carbons (Fsp3) is 0.500. The lowest BCUT2D eigenvalue weighted by Crippen LogP contribution is -2.37. The Morgan fingerprint density at radius 1 is 1.33 bits per heavy atom. The number of hydrogen-bond acceptors (Lipinski definition) is 5. The van der Waals surface area contributed by atoms with Crippen molar-refractivity contribution in [2.45, 2.75) is 46.0 Å². The molecule has 2 aliphatic rings. The molecule has 0 aromatic carbocycles. The number of aromatic nitrogens is 1. The Kier molecular flexibility index (Phi) is 6.33. The molecule has 5 nitrogen and oxygen atoms in total. The van der Waals surface area contributed by atoms with Crippen molar-refractivity contribution >= 4 is 11.5 Å². The summed E-state index contributed by atoms with van der Waals surface area (Å²) in [5.41, 5.74) is 5.34. The Balaban J connectivity index is 1.88. The molecule has 3 rings (SSSR count). The zero-order valence-corrected chi connectivity index (χ0v) is 18.1. The number of rotatable bonds is 6. The molecule has 1 N–H and O–H groups in total. The molecule has 8 heteroatoms. The average molecular weight is 422 g/mol. The molecule has 0 saturated carbocycles. The first-order valence-electron chi connectivity index (χ1n) is 10.1. The van der Waals surface area contributed by atoms with E-state index in [-0.39, 0.29) is 11.9 Å². The van der Waals surface area contributed by atoms with E-state index in [1.165, 1.54) is 11.3 Å². The molecule has 1 aromatic rings. The molecule has 3 heterocycles. The van der Waals surface area contributed by atoms with Crippen LogP contribution in [0.4, 0.5) is 19.0 Å². The summed E-state index contributed by atoms with van der Waals surface area (Å²) in [6.45, 7) is 5.99. The Morgan fingerprint density at radius 2 is 2.07 bits per heavy atom. The smallest absolute Gasteiger partial charge is 0.422 e. The fourth-order valence-electron chi connectivity index (χ4n) is 4.14. The van der Waals surface area contributed by atoms with Gasteiger partial charge in [0.25, 0.3) is 0 Å². The summed E-state index contributed by atoms with van der Waals surface area (Å²) in [5.74, 6) is 1.15. The summed E-state index contributed by atoms with van der Waals surface area (Å²) >= 11 is 0. The molecule has 1 unspecified atom stereocenters. The summed E-state index contributed by atoms with van der Waals surface area (Å²) < 4.78 is 42.8.